The minimum absolute atomic E-state index is 0.327. The zero-order chi connectivity index (χ0) is 13.3. The summed E-state index contributed by atoms with van der Waals surface area (Å²) in [5.41, 5.74) is 0. The SMILES string of the molecule is CCCCC/C=C(/O[Si](C)(C)C)C(=O)OCC. The van der Waals surface area contributed by atoms with Gasteiger partial charge in [-0.25, -0.2) is 4.79 Å². The molecule has 0 amide bonds. The van der Waals surface area contributed by atoms with E-state index in [0.29, 0.717) is 12.4 Å². The molecule has 0 unspecified atom stereocenters. The number of carbonyl (C=O) groups excluding carboxylic acids is 1. The van der Waals surface area contributed by atoms with Crippen molar-refractivity contribution in [1.29, 1.82) is 0 Å². The number of allylic oxidation sites excluding steroid dienone is 1. The van der Waals surface area contributed by atoms with Gasteiger partial charge >= 0.3 is 5.97 Å². The van der Waals surface area contributed by atoms with Crippen LogP contribution >= 0.6 is 0 Å². The van der Waals surface area contributed by atoms with E-state index in [2.05, 4.69) is 26.6 Å². The maximum Gasteiger partial charge on any atom is 0.371 e. The number of carbonyl (C=O) groups is 1. The van der Waals surface area contributed by atoms with Gasteiger partial charge < -0.3 is 9.16 Å². The summed E-state index contributed by atoms with van der Waals surface area (Å²) in [4.78, 5) is 11.7. The van der Waals surface area contributed by atoms with Crippen LogP contribution in [0.25, 0.3) is 0 Å². The average Bonchev–Trinajstić information content (AvgIpc) is 2.21. The molecule has 0 radical (unpaired) electrons. The van der Waals surface area contributed by atoms with Gasteiger partial charge in [-0.1, -0.05) is 19.8 Å². The summed E-state index contributed by atoms with van der Waals surface area (Å²) in [6.45, 7) is 10.5. The zero-order valence-corrected chi connectivity index (χ0v) is 12.8. The molecule has 100 valence electrons. The van der Waals surface area contributed by atoms with Gasteiger partial charge in [0, 0.05) is 0 Å². The zero-order valence-electron chi connectivity index (χ0n) is 11.8. The fourth-order valence-corrected chi connectivity index (χ4v) is 2.15. The van der Waals surface area contributed by atoms with E-state index < -0.39 is 8.32 Å². The molecule has 0 aromatic heterocycles. The number of esters is 1. The Balaban J connectivity index is 4.44. The molecular weight excluding hydrogens is 232 g/mol. The van der Waals surface area contributed by atoms with E-state index in [1.807, 2.05) is 6.08 Å². The second kappa shape index (κ2) is 8.34. The molecule has 17 heavy (non-hydrogen) atoms. The fourth-order valence-electron chi connectivity index (χ4n) is 1.33. The molecule has 0 aliphatic rings. The Labute approximate surface area is 106 Å². The van der Waals surface area contributed by atoms with Crippen LogP contribution in [0.1, 0.15) is 39.5 Å². The quantitative estimate of drug-likeness (QED) is 0.218. The van der Waals surface area contributed by atoms with E-state index in [4.69, 9.17) is 9.16 Å². The van der Waals surface area contributed by atoms with Gasteiger partial charge in [0.2, 0.25) is 8.32 Å². The van der Waals surface area contributed by atoms with E-state index in [-0.39, 0.29) is 5.97 Å². The first-order chi connectivity index (χ1) is 7.90. The Hall–Kier alpha value is -0.773. The van der Waals surface area contributed by atoms with Gasteiger partial charge in [-0.3, -0.25) is 0 Å². The van der Waals surface area contributed by atoms with E-state index >= 15 is 0 Å². The number of unbranched alkanes of at least 4 members (excludes halogenated alkanes) is 3. The van der Waals surface area contributed by atoms with Crippen LogP contribution in [0.15, 0.2) is 11.8 Å². The van der Waals surface area contributed by atoms with Crippen molar-refractivity contribution < 1.29 is 14.0 Å². The Kier molecular flexibility index (Phi) is 7.96. The van der Waals surface area contributed by atoms with Crippen LogP contribution in [0, 0.1) is 0 Å². The van der Waals surface area contributed by atoms with E-state index in [1.165, 1.54) is 12.8 Å². The molecule has 0 aromatic rings. The highest BCUT2D eigenvalue weighted by Crippen LogP contribution is 2.14. The minimum atomic E-state index is -1.75. The highest BCUT2D eigenvalue weighted by atomic mass is 28.4. The first-order valence-corrected chi connectivity index (χ1v) is 9.87. The summed E-state index contributed by atoms with van der Waals surface area (Å²) >= 11 is 0. The maximum atomic E-state index is 11.7. The van der Waals surface area contributed by atoms with Gasteiger partial charge in [0.15, 0.2) is 5.76 Å². The average molecular weight is 258 g/mol. The van der Waals surface area contributed by atoms with Gasteiger partial charge in [-0.2, -0.15) is 0 Å². The van der Waals surface area contributed by atoms with Crippen LogP contribution in [-0.4, -0.2) is 20.9 Å². The van der Waals surface area contributed by atoms with Crippen LogP contribution in [0.4, 0.5) is 0 Å². The fraction of sp³-hybridized carbons (Fsp3) is 0.769. The summed E-state index contributed by atoms with van der Waals surface area (Å²) in [6, 6.07) is 0. The Morgan fingerprint density at radius 2 is 1.82 bits per heavy atom. The topological polar surface area (TPSA) is 35.5 Å². The van der Waals surface area contributed by atoms with Crippen LogP contribution in [-0.2, 0) is 14.0 Å². The number of rotatable bonds is 8. The van der Waals surface area contributed by atoms with Crippen molar-refractivity contribution in [3.63, 3.8) is 0 Å². The van der Waals surface area contributed by atoms with Crippen molar-refractivity contribution in [2.45, 2.75) is 59.2 Å². The van der Waals surface area contributed by atoms with Crippen molar-refractivity contribution >= 4 is 14.3 Å². The molecule has 0 atom stereocenters. The summed E-state index contributed by atoms with van der Waals surface area (Å²) < 4.78 is 10.8. The predicted molar refractivity (Wildman–Crippen MR) is 73.3 cm³/mol. The second-order valence-electron chi connectivity index (χ2n) is 5.00. The number of ether oxygens (including phenoxy) is 1. The molecule has 0 saturated carbocycles. The Morgan fingerprint density at radius 3 is 2.29 bits per heavy atom. The smallest absolute Gasteiger partial charge is 0.371 e. The summed E-state index contributed by atoms with van der Waals surface area (Å²) in [6.07, 6.45) is 6.21. The van der Waals surface area contributed by atoms with Crippen LogP contribution in [0.5, 0.6) is 0 Å². The molecular formula is C13H26O3Si. The van der Waals surface area contributed by atoms with Crippen LogP contribution in [0.2, 0.25) is 19.6 Å². The first kappa shape index (κ1) is 16.2. The maximum absolute atomic E-state index is 11.7. The van der Waals surface area contributed by atoms with Gasteiger partial charge in [0.25, 0.3) is 0 Å². The predicted octanol–water partition coefficient (Wildman–Crippen LogP) is 3.87. The first-order valence-electron chi connectivity index (χ1n) is 6.47. The highest BCUT2D eigenvalue weighted by Gasteiger charge is 2.22. The summed E-state index contributed by atoms with van der Waals surface area (Å²) in [7, 11) is -1.75. The third-order valence-corrected chi connectivity index (χ3v) is 2.86. The minimum Gasteiger partial charge on any atom is -0.540 e. The van der Waals surface area contributed by atoms with Gasteiger partial charge in [-0.05, 0) is 45.5 Å². The molecule has 0 aliphatic heterocycles. The highest BCUT2D eigenvalue weighted by molar-refractivity contribution is 6.70. The van der Waals surface area contributed by atoms with Gasteiger partial charge in [0.05, 0.1) is 6.61 Å². The molecule has 0 N–H and O–H groups in total. The van der Waals surface area contributed by atoms with E-state index in [1.54, 1.807) is 6.92 Å². The molecule has 0 heterocycles. The number of hydrogen-bond donors (Lipinski definition) is 0. The Bertz CT molecular complexity index is 254. The van der Waals surface area contributed by atoms with E-state index in [9.17, 15) is 4.79 Å². The third kappa shape index (κ3) is 8.98. The molecule has 0 spiro atoms. The molecule has 0 saturated heterocycles. The standard InChI is InChI=1S/C13H26O3Si/c1-6-8-9-10-11-12(13(14)15-7-2)16-17(3,4)5/h11H,6-10H2,1-5H3/b12-11+. The van der Waals surface area contributed by atoms with E-state index in [0.717, 1.165) is 12.8 Å². The molecule has 0 bridgehead atoms. The largest absolute Gasteiger partial charge is 0.540 e. The second-order valence-corrected chi connectivity index (χ2v) is 9.43. The van der Waals surface area contributed by atoms with Crippen LogP contribution < -0.4 is 0 Å². The molecule has 4 heteroatoms. The lowest BCUT2D eigenvalue weighted by Crippen LogP contribution is -2.28. The molecule has 0 aromatic carbocycles. The molecule has 0 aliphatic carbocycles. The molecule has 3 nitrogen and oxygen atoms in total. The lowest BCUT2D eigenvalue weighted by atomic mass is 10.2. The van der Waals surface area contributed by atoms with Crippen molar-refractivity contribution in [3.8, 4) is 0 Å². The summed E-state index contributed by atoms with van der Waals surface area (Å²) in [5, 5.41) is 0. The molecule has 0 fully saturated rings. The lowest BCUT2D eigenvalue weighted by Gasteiger charge is -2.20. The van der Waals surface area contributed by atoms with Gasteiger partial charge in [0.1, 0.15) is 0 Å². The number of hydrogen-bond acceptors (Lipinski definition) is 3. The monoisotopic (exact) mass is 258 g/mol. The normalized spacial score (nSPS) is 12.4. The van der Waals surface area contributed by atoms with Crippen molar-refractivity contribution in [1.82, 2.24) is 0 Å². The van der Waals surface area contributed by atoms with Crippen molar-refractivity contribution in [2.24, 2.45) is 0 Å². The van der Waals surface area contributed by atoms with Gasteiger partial charge in [-0.15, -0.1) is 0 Å². The Morgan fingerprint density at radius 1 is 1.18 bits per heavy atom. The lowest BCUT2D eigenvalue weighted by molar-refractivity contribution is -0.141. The summed E-state index contributed by atoms with van der Waals surface area (Å²) in [5.74, 6) is 0.0774. The van der Waals surface area contributed by atoms with Crippen LogP contribution in [0.3, 0.4) is 0 Å². The van der Waals surface area contributed by atoms with Crippen molar-refractivity contribution in [2.75, 3.05) is 6.61 Å². The molecule has 0 rings (SSSR count). The third-order valence-electron chi connectivity index (χ3n) is 2.03. The van der Waals surface area contributed by atoms with Crippen molar-refractivity contribution in [3.05, 3.63) is 11.8 Å².